The molecule has 19 N–H and O–H groups in total. The quantitative estimate of drug-likeness (QED) is 0.0218. The van der Waals surface area contributed by atoms with Gasteiger partial charge >= 0.3 is 5.97 Å². The van der Waals surface area contributed by atoms with Crippen LogP contribution in [-0.4, -0.2) is 192 Å². The van der Waals surface area contributed by atoms with Crippen LogP contribution < -0.4 is 32.7 Å². The van der Waals surface area contributed by atoms with E-state index in [1.165, 1.54) is 6.33 Å². The molecule has 28 atom stereocenters. The fourth-order valence-corrected chi connectivity index (χ4v) is 24.1. The number of carbonyl (C=O) groups is 2. The van der Waals surface area contributed by atoms with Gasteiger partial charge in [0.2, 0.25) is 5.91 Å². The number of aliphatic imine (C=N–C) groups is 1. The summed E-state index contributed by atoms with van der Waals surface area (Å²) < 4.78 is 13.1. The first-order valence-corrected chi connectivity index (χ1v) is 33.2. The number of nitrogens with one attached hydrogen (secondary N) is 6. The van der Waals surface area contributed by atoms with Gasteiger partial charge in [0.25, 0.3) is 0 Å². The van der Waals surface area contributed by atoms with Crippen LogP contribution in [0.25, 0.3) is 0 Å². The number of rotatable bonds is 15. The number of amides is 1. The Bertz CT molecular complexity index is 3300. The van der Waals surface area contributed by atoms with E-state index in [2.05, 4.69) is 86.0 Å². The molecule has 3 spiro atoms. The Balaban J connectivity index is 1.03. The third-order valence-corrected chi connectivity index (χ3v) is 27.7. The molecule has 3 bridgehead atoms. The molecule has 492 valence electrons. The van der Waals surface area contributed by atoms with E-state index in [4.69, 9.17) is 25.9 Å². The number of aliphatic carboxylic acids is 1. The van der Waals surface area contributed by atoms with Crippen molar-refractivity contribution in [2.24, 2.45) is 119 Å². The number of imidazole rings is 2. The van der Waals surface area contributed by atoms with Gasteiger partial charge < -0.3 is 98.1 Å². The van der Waals surface area contributed by atoms with Crippen molar-refractivity contribution in [1.29, 1.82) is 0 Å². The van der Waals surface area contributed by atoms with Gasteiger partial charge in [-0.05, 0) is 110 Å². The number of aliphatic hydroxyl groups is 8. The highest BCUT2D eigenvalue weighted by molar-refractivity contribution is 5.88. The Kier molecular flexibility index (Phi) is 15.1. The maximum atomic E-state index is 16.2. The molecule has 10 aliphatic carbocycles. The molecule has 90 heavy (non-hydrogen) atoms. The number of fused-ring (bicyclic) bond motifs is 5. The van der Waals surface area contributed by atoms with Gasteiger partial charge in [-0.15, -0.1) is 0 Å². The highest BCUT2D eigenvalue weighted by atomic mass is 16.7. The Hall–Kier alpha value is -5.01. The molecule has 2 aromatic heterocycles. The summed E-state index contributed by atoms with van der Waals surface area (Å²) in [4.78, 5) is 51.2. The van der Waals surface area contributed by atoms with Gasteiger partial charge in [-0.25, -0.2) is 9.97 Å². The minimum atomic E-state index is -1.74. The summed E-state index contributed by atoms with van der Waals surface area (Å²) in [6, 6.07) is -0.912. The van der Waals surface area contributed by atoms with Gasteiger partial charge in [0.05, 0.1) is 60.7 Å². The van der Waals surface area contributed by atoms with Crippen molar-refractivity contribution in [2.75, 3.05) is 58.4 Å². The molecule has 28 unspecified atom stereocenters. The topological polar surface area (TPSA) is 405 Å². The fraction of sp³-hybridized carbons (Fsp3) is 0.773. The number of ether oxygens (including phenoxy) is 2. The van der Waals surface area contributed by atoms with E-state index in [0.717, 1.165) is 16.8 Å². The number of nitrogens with two attached hydrogens (primary N) is 2. The average Bonchev–Trinajstić information content (AvgIpc) is 0.703. The standard InChI is InChI=1S/C66H95N11O13/c1-59(27-78)15-16-64(57(87)88)38(22-59)36-20-32-9-8-31-7-6-12-63(31)45(47(77-56(63)86)44(41-25-71-29-74-41)48(81)35(53(67)85)23-70-17-18-72-58(68)69-5)34-19-33-10-14-65(36,37-21-40-54(76-30-75-40)73-24-39(37)64)61(3)13-11-43-60(2,28-79)52(50(83)46(34)62(43,4)66(32,33)61)90-55-51(84)49(82)42(80)26-89-55/h19-20,25,29-32,34-35,37-39,42-53,55,70,73,78-85H,6-7,10-18,21-24,26-28,67H2,1-5H3,(H,71,74)(H,75,76)(H,77,86)(H,87,88)(H3,68,69,72). The maximum Gasteiger partial charge on any atom is 0.310 e. The van der Waals surface area contributed by atoms with E-state index in [0.29, 0.717) is 102 Å². The molecule has 1 amide bonds. The van der Waals surface area contributed by atoms with Gasteiger partial charge in [0.15, 0.2) is 12.2 Å². The number of carbonyl (C=O) groups excluding carboxylic acids is 1. The summed E-state index contributed by atoms with van der Waals surface area (Å²) in [6.45, 7) is 9.00. The molecule has 6 saturated carbocycles. The normalized spacial score (nSPS) is 48.1. The second-order valence-electron chi connectivity index (χ2n) is 30.7. The number of carboxylic acid groups (broad SMARTS) is 1. The second-order valence-corrected chi connectivity index (χ2v) is 30.7. The van der Waals surface area contributed by atoms with Crippen LogP contribution in [0.3, 0.4) is 0 Å². The number of aromatic amines is 2. The van der Waals surface area contributed by atoms with E-state index in [9.17, 15) is 50.8 Å². The molecule has 3 aliphatic heterocycles. The van der Waals surface area contributed by atoms with Crippen molar-refractivity contribution >= 4 is 23.7 Å². The van der Waals surface area contributed by atoms with Gasteiger partial charge in [-0.3, -0.25) is 14.6 Å². The average molecular weight is 1250 g/mol. The predicted octanol–water partition coefficient (Wildman–Crippen LogP) is 0.411. The van der Waals surface area contributed by atoms with Crippen molar-refractivity contribution in [3.8, 4) is 11.8 Å². The number of anilines is 1. The van der Waals surface area contributed by atoms with Crippen molar-refractivity contribution < 1.29 is 65.0 Å². The number of hydrogen-bond donors (Lipinski definition) is 17. The van der Waals surface area contributed by atoms with E-state index < -0.39 is 170 Å². The van der Waals surface area contributed by atoms with Crippen molar-refractivity contribution in [2.45, 2.75) is 159 Å². The smallest absolute Gasteiger partial charge is 0.310 e. The zero-order valence-electron chi connectivity index (χ0n) is 52.3. The fourth-order valence-electron chi connectivity index (χ4n) is 24.1. The number of H-pyrrole nitrogens is 2. The number of guanidine groups is 1. The molecule has 0 radical (unpaired) electrons. The van der Waals surface area contributed by atoms with Crippen LogP contribution in [0.2, 0.25) is 0 Å². The van der Waals surface area contributed by atoms with Crippen LogP contribution in [0, 0.1) is 114 Å². The van der Waals surface area contributed by atoms with Crippen LogP contribution >= 0.6 is 0 Å². The summed E-state index contributed by atoms with van der Waals surface area (Å²) >= 11 is 0. The highest BCUT2D eigenvalue weighted by Crippen LogP contribution is 2.90. The van der Waals surface area contributed by atoms with E-state index in [1.54, 1.807) is 19.6 Å². The maximum absolute atomic E-state index is 16.2. The van der Waals surface area contributed by atoms with Gasteiger partial charge in [-0.1, -0.05) is 69.3 Å². The summed E-state index contributed by atoms with van der Waals surface area (Å²) in [5, 5.41) is 123. The summed E-state index contributed by atoms with van der Waals surface area (Å²) in [7, 11) is 1.57. The first-order valence-electron chi connectivity index (χ1n) is 33.2. The molecule has 5 heterocycles. The largest absolute Gasteiger partial charge is 0.481 e. The first kappa shape index (κ1) is 62.4. The zero-order valence-corrected chi connectivity index (χ0v) is 52.3. The number of aliphatic hydroxyl groups excluding tert-OH is 8. The van der Waals surface area contributed by atoms with E-state index in [1.807, 2.05) is 6.92 Å². The molecule has 2 saturated heterocycles. The number of aromatic nitrogens is 4. The van der Waals surface area contributed by atoms with Crippen molar-refractivity contribution in [3.05, 3.63) is 53.5 Å². The molecule has 8 fully saturated rings. The zero-order chi connectivity index (χ0) is 63.6. The molecule has 0 aromatic carbocycles. The number of nitrogens with zero attached hydrogens (tertiary/aromatic N) is 3. The minimum Gasteiger partial charge on any atom is -0.481 e. The number of hydrogen-bond acceptors (Lipinski definition) is 18. The van der Waals surface area contributed by atoms with Crippen molar-refractivity contribution in [3.63, 3.8) is 0 Å². The van der Waals surface area contributed by atoms with Crippen molar-refractivity contribution in [1.82, 2.24) is 35.9 Å². The molecule has 2 aromatic rings. The number of allylic oxidation sites excluding steroid dienone is 4. The lowest BCUT2D eigenvalue weighted by molar-refractivity contribution is -0.365. The highest BCUT2D eigenvalue weighted by Gasteiger charge is 2.87. The van der Waals surface area contributed by atoms with Crippen LogP contribution in [-0.2, 0) is 25.5 Å². The second kappa shape index (κ2) is 21.8. The van der Waals surface area contributed by atoms with Crippen LogP contribution in [0.5, 0.6) is 0 Å². The van der Waals surface area contributed by atoms with Gasteiger partial charge in [0, 0.05) is 110 Å². The molecule has 24 heteroatoms. The molecule has 13 aliphatic rings. The van der Waals surface area contributed by atoms with E-state index in [-0.39, 0.29) is 37.5 Å². The first-order chi connectivity index (χ1) is 42.9. The Morgan fingerprint density at radius 2 is 1.76 bits per heavy atom. The van der Waals surface area contributed by atoms with E-state index >= 15 is 4.79 Å². The molecule has 24 nitrogen and oxygen atoms in total. The summed E-state index contributed by atoms with van der Waals surface area (Å²) in [5.41, 5.74) is 8.20. The van der Waals surface area contributed by atoms with Gasteiger partial charge in [-0.2, -0.15) is 0 Å². The van der Waals surface area contributed by atoms with Crippen LogP contribution in [0.1, 0.15) is 109 Å². The molecular weight excluding hydrogens is 1150 g/mol. The Morgan fingerprint density at radius 1 is 0.956 bits per heavy atom. The predicted molar refractivity (Wildman–Crippen MR) is 326 cm³/mol. The molecular formula is C66H95N11O13. The summed E-state index contributed by atoms with van der Waals surface area (Å²) in [6.07, 6.45) is 3.32. The van der Waals surface area contributed by atoms with Gasteiger partial charge in [0.1, 0.15) is 30.4 Å². The Morgan fingerprint density at radius 3 is 2.48 bits per heavy atom. The lowest BCUT2D eigenvalue weighted by atomic mass is 9.19. The monoisotopic (exact) mass is 1250 g/mol. The van der Waals surface area contributed by atoms with Crippen LogP contribution in [0.15, 0.2) is 47.1 Å². The minimum absolute atomic E-state index is 0.0556. The number of carboxylic acids is 1. The summed E-state index contributed by atoms with van der Waals surface area (Å²) in [5.74, 6) is 0.813. The SMILES string of the molecule is CN=C(N)NCCNCC(C(N)O)C(O)C(c1cnc[nH]1)C1NC(=O)C23CCCC2C#CC2C=C4C5CC(C)(CO)CCC5(C(=O)O)C5CNc6nc[nH]c6CC5C45CCC4=CC(C13)C1C(O)C(OC3OCC(O)C(O)C3O)C(C)(CO)C3CCC5(C)C42C13C. The Labute approximate surface area is 524 Å². The lowest BCUT2D eigenvalue weighted by Crippen LogP contribution is -2.82. The van der Waals surface area contributed by atoms with Crippen LogP contribution in [0.4, 0.5) is 5.82 Å². The third kappa shape index (κ3) is 7.94. The third-order valence-electron chi connectivity index (χ3n) is 27.7. The lowest BCUT2D eigenvalue weighted by Gasteiger charge is -2.84. The molecule has 15 rings (SSSR count).